The van der Waals surface area contributed by atoms with E-state index in [-0.39, 0.29) is 17.6 Å². The van der Waals surface area contributed by atoms with Crippen LogP contribution in [0.2, 0.25) is 0 Å². The molecule has 0 saturated carbocycles. The number of carbonyl (C=O) groups is 1. The highest BCUT2D eigenvalue weighted by molar-refractivity contribution is 7.99. The molecule has 1 aromatic carbocycles. The molecular formula is C23H24N4O3S. The maximum atomic E-state index is 12.9. The zero-order chi connectivity index (χ0) is 21.4. The van der Waals surface area contributed by atoms with E-state index in [0.717, 1.165) is 59.4 Å². The maximum Gasteiger partial charge on any atom is 0.277 e. The topological polar surface area (TPSA) is 85.9 Å². The monoisotopic (exact) mass is 436 g/mol. The number of benzene rings is 1. The van der Waals surface area contributed by atoms with Gasteiger partial charge in [0.2, 0.25) is 0 Å². The number of rotatable bonds is 7. The van der Waals surface area contributed by atoms with Crippen molar-refractivity contribution < 1.29 is 13.9 Å². The van der Waals surface area contributed by atoms with Crippen LogP contribution in [0.25, 0.3) is 22.4 Å². The Morgan fingerprint density at radius 1 is 1.29 bits per heavy atom. The van der Waals surface area contributed by atoms with Crippen LogP contribution < -0.4 is 0 Å². The van der Waals surface area contributed by atoms with E-state index in [1.807, 2.05) is 50.4 Å². The number of H-pyrrole nitrogens is 1. The van der Waals surface area contributed by atoms with Gasteiger partial charge in [-0.3, -0.25) is 4.79 Å². The van der Waals surface area contributed by atoms with Gasteiger partial charge in [0, 0.05) is 47.2 Å². The molecule has 1 N–H and O–H groups in total. The van der Waals surface area contributed by atoms with E-state index in [9.17, 15) is 4.79 Å². The van der Waals surface area contributed by atoms with E-state index in [4.69, 9.17) is 9.15 Å². The zero-order valence-corrected chi connectivity index (χ0v) is 18.4. The van der Waals surface area contributed by atoms with Crippen molar-refractivity contribution in [2.45, 2.75) is 44.6 Å². The van der Waals surface area contributed by atoms with Crippen molar-refractivity contribution in [3.63, 3.8) is 0 Å². The van der Waals surface area contributed by atoms with Crippen LogP contribution in [0.1, 0.15) is 34.6 Å². The lowest BCUT2D eigenvalue weighted by atomic mass is 10.2. The summed E-state index contributed by atoms with van der Waals surface area (Å²) in [6, 6.07) is 9.92. The van der Waals surface area contributed by atoms with Crippen molar-refractivity contribution in [3.8, 4) is 11.5 Å². The van der Waals surface area contributed by atoms with Crippen molar-refractivity contribution in [1.82, 2.24) is 19.7 Å². The Kier molecular flexibility index (Phi) is 5.41. The molecule has 160 valence electrons. The second kappa shape index (κ2) is 8.36. The molecule has 4 heterocycles. The van der Waals surface area contributed by atoms with E-state index in [2.05, 4.69) is 19.7 Å². The van der Waals surface area contributed by atoms with Crippen LogP contribution in [0.5, 0.6) is 0 Å². The fraction of sp³-hybridized carbons (Fsp3) is 0.348. The first kappa shape index (κ1) is 20.1. The summed E-state index contributed by atoms with van der Waals surface area (Å²) in [5.74, 6) is 0.755. The van der Waals surface area contributed by atoms with Crippen molar-refractivity contribution in [2.24, 2.45) is 0 Å². The molecule has 1 aliphatic heterocycles. The molecule has 0 amide bonds. The third-order valence-corrected chi connectivity index (χ3v) is 6.66. The first-order valence-electron chi connectivity index (χ1n) is 10.4. The predicted octanol–water partition coefficient (Wildman–Crippen LogP) is 4.79. The summed E-state index contributed by atoms with van der Waals surface area (Å²) in [7, 11) is 0. The Bertz CT molecular complexity index is 1230. The normalized spacial score (nSPS) is 16.4. The van der Waals surface area contributed by atoms with Crippen molar-refractivity contribution in [1.29, 1.82) is 0 Å². The second-order valence-corrected chi connectivity index (χ2v) is 8.79. The quantitative estimate of drug-likeness (QED) is 0.331. The average molecular weight is 437 g/mol. The number of hydrogen-bond acceptors (Lipinski definition) is 6. The molecule has 3 aromatic heterocycles. The number of fused-ring (bicyclic) bond motifs is 1. The first-order chi connectivity index (χ1) is 15.1. The summed E-state index contributed by atoms with van der Waals surface area (Å²) in [4.78, 5) is 16.1. The number of nitrogens with zero attached hydrogens (tertiary/aromatic N) is 3. The number of nitrogens with one attached hydrogen (secondary N) is 1. The Morgan fingerprint density at radius 3 is 3.00 bits per heavy atom. The van der Waals surface area contributed by atoms with Crippen LogP contribution in [0, 0.1) is 13.8 Å². The van der Waals surface area contributed by atoms with E-state index < -0.39 is 0 Å². The summed E-state index contributed by atoms with van der Waals surface area (Å²) < 4.78 is 13.8. The molecule has 31 heavy (non-hydrogen) atoms. The maximum absolute atomic E-state index is 12.9. The number of aromatic nitrogens is 4. The fourth-order valence-corrected chi connectivity index (χ4v) is 4.83. The third-order valence-electron chi connectivity index (χ3n) is 5.84. The molecule has 1 saturated heterocycles. The van der Waals surface area contributed by atoms with Gasteiger partial charge in [0.15, 0.2) is 5.78 Å². The molecule has 0 bridgehead atoms. The van der Waals surface area contributed by atoms with Gasteiger partial charge in [-0.2, -0.15) is 0 Å². The number of hydrogen-bond donors (Lipinski definition) is 1. The minimum Gasteiger partial charge on any atom is -0.411 e. The molecule has 0 spiro atoms. The van der Waals surface area contributed by atoms with Crippen LogP contribution in [-0.4, -0.2) is 44.0 Å². The third kappa shape index (κ3) is 3.93. The van der Waals surface area contributed by atoms with E-state index in [1.54, 1.807) is 0 Å². The number of thioether (sulfide) groups is 1. The van der Waals surface area contributed by atoms with Crippen molar-refractivity contribution in [3.05, 3.63) is 53.5 Å². The lowest BCUT2D eigenvalue weighted by molar-refractivity contribution is 0.0957. The Morgan fingerprint density at radius 2 is 2.16 bits per heavy atom. The van der Waals surface area contributed by atoms with Crippen molar-refractivity contribution in [2.75, 3.05) is 12.4 Å². The lowest BCUT2D eigenvalue weighted by Crippen LogP contribution is -2.17. The largest absolute Gasteiger partial charge is 0.411 e. The summed E-state index contributed by atoms with van der Waals surface area (Å²) in [6.45, 7) is 5.67. The van der Waals surface area contributed by atoms with E-state index in [1.165, 1.54) is 11.8 Å². The second-order valence-electron chi connectivity index (χ2n) is 7.86. The van der Waals surface area contributed by atoms with Crippen LogP contribution in [0.4, 0.5) is 0 Å². The number of aryl methyl sites for hydroxylation is 1. The van der Waals surface area contributed by atoms with Gasteiger partial charge < -0.3 is 18.7 Å². The highest BCUT2D eigenvalue weighted by atomic mass is 32.2. The SMILES string of the molecule is Cc1cc(C(=O)CSc2nnc(-c3c[nH]c4ccccc34)o2)c(C)n1C[C@H]1CCCO1. The number of ketones is 1. The van der Waals surface area contributed by atoms with E-state index in [0.29, 0.717) is 11.1 Å². The number of aromatic amines is 1. The van der Waals surface area contributed by atoms with Gasteiger partial charge in [0.25, 0.3) is 11.1 Å². The van der Waals surface area contributed by atoms with Gasteiger partial charge in [-0.15, -0.1) is 10.2 Å². The van der Waals surface area contributed by atoms with Gasteiger partial charge in [0.05, 0.1) is 17.4 Å². The zero-order valence-electron chi connectivity index (χ0n) is 17.6. The molecule has 0 aliphatic carbocycles. The highest BCUT2D eigenvalue weighted by Gasteiger charge is 2.22. The number of carbonyl (C=O) groups excluding carboxylic acids is 1. The molecule has 8 heteroatoms. The smallest absolute Gasteiger partial charge is 0.277 e. The van der Waals surface area contributed by atoms with Crippen LogP contribution in [-0.2, 0) is 11.3 Å². The van der Waals surface area contributed by atoms with Crippen molar-refractivity contribution >= 4 is 28.4 Å². The van der Waals surface area contributed by atoms with Crippen LogP contribution >= 0.6 is 11.8 Å². The molecule has 0 unspecified atom stereocenters. The van der Waals surface area contributed by atoms with Gasteiger partial charge in [-0.25, -0.2) is 0 Å². The Balaban J connectivity index is 1.27. The Labute approximate surface area is 184 Å². The summed E-state index contributed by atoms with van der Waals surface area (Å²) in [5, 5.41) is 9.70. The number of ether oxygens (including phenoxy) is 1. The lowest BCUT2D eigenvalue weighted by Gasteiger charge is -2.14. The summed E-state index contributed by atoms with van der Waals surface area (Å²) in [5.41, 5.74) is 4.70. The Hall–Kier alpha value is -2.84. The minimum absolute atomic E-state index is 0.0588. The molecule has 7 nitrogen and oxygen atoms in total. The average Bonchev–Trinajstić information content (AvgIpc) is 3.56. The molecule has 1 fully saturated rings. The molecule has 5 rings (SSSR count). The summed E-state index contributed by atoms with van der Waals surface area (Å²) >= 11 is 1.27. The van der Waals surface area contributed by atoms with Gasteiger partial charge >= 0.3 is 0 Å². The van der Waals surface area contributed by atoms with Gasteiger partial charge in [0.1, 0.15) is 0 Å². The standard InChI is InChI=1S/C23H24N4O3S/c1-14-10-18(15(2)27(14)12-16-6-5-9-29-16)21(28)13-31-23-26-25-22(30-23)19-11-24-20-8-4-3-7-17(19)20/h3-4,7-8,10-11,16,24H,5-6,9,12-13H2,1-2H3/t16-/m1/s1. The number of Topliss-reactive ketones (excluding diaryl/α,β-unsaturated/α-hetero) is 1. The minimum atomic E-state index is 0.0588. The molecular weight excluding hydrogens is 412 g/mol. The molecule has 1 aliphatic rings. The highest BCUT2D eigenvalue weighted by Crippen LogP contribution is 2.30. The summed E-state index contributed by atoms with van der Waals surface area (Å²) in [6.07, 6.45) is 4.28. The molecule has 4 aromatic rings. The molecule has 1 atom stereocenters. The predicted molar refractivity (Wildman–Crippen MR) is 120 cm³/mol. The van der Waals surface area contributed by atoms with E-state index >= 15 is 0 Å². The van der Waals surface area contributed by atoms with Gasteiger partial charge in [-0.05, 0) is 38.8 Å². The van der Waals surface area contributed by atoms with Crippen LogP contribution in [0.15, 0.2) is 46.2 Å². The van der Waals surface area contributed by atoms with Gasteiger partial charge in [-0.1, -0.05) is 30.0 Å². The first-order valence-corrected chi connectivity index (χ1v) is 11.4. The van der Waals surface area contributed by atoms with Crippen LogP contribution in [0.3, 0.4) is 0 Å². The fourth-order valence-electron chi connectivity index (χ4n) is 4.19. The number of para-hydroxylation sites is 1. The molecule has 0 radical (unpaired) electrons.